The second-order valence-electron chi connectivity index (χ2n) is 18.3. The Bertz CT molecular complexity index is 1060. The summed E-state index contributed by atoms with van der Waals surface area (Å²) < 4.78 is 6.36. The zero-order valence-corrected chi connectivity index (χ0v) is 32.3. The van der Waals surface area contributed by atoms with Crippen LogP contribution in [0.5, 0.6) is 0 Å². The molecule has 0 aromatic heterocycles. The number of rotatable bonds is 17. The number of esters is 1. The largest absolute Gasteiger partial charge is 0.462 e. The Hall–Kier alpha value is -1.05. The molecule has 0 bridgehead atoms. The van der Waals surface area contributed by atoms with Crippen LogP contribution in [0.25, 0.3) is 0 Å². The van der Waals surface area contributed by atoms with E-state index in [2.05, 4.69) is 68.4 Å². The van der Waals surface area contributed by atoms with Gasteiger partial charge in [0.05, 0.1) is 0 Å². The van der Waals surface area contributed by atoms with Crippen LogP contribution >= 0.6 is 0 Å². The molecule has 2 unspecified atom stereocenters. The van der Waals surface area contributed by atoms with Crippen molar-refractivity contribution >= 4 is 5.97 Å². The van der Waals surface area contributed by atoms with Gasteiger partial charge in [0, 0.05) is 11.8 Å². The number of hydrogen-bond acceptors (Lipinski definition) is 2. The minimum Gasteiger partial charge on any atom is -0.462 e. The number of allylic oxidation sites excluding steroid dienone is 4. The Labute approximate surface area is 286 Å². The summed E-state index contributed by atoms with van der Waals surface area (Å²) in [6.07, 6.45) is 30.3. The lowest BCUT2D eigenvalue weighted by molar-refractivity contribution is -0.170. The number of carbonyl (C=O) groups excluding carboxylic acids is 1. The van der Waals surface area contributed by atoms with Crippen molar-refractivity contribution in [2.45, 2.75) is 210 Å². The molecule has 0 heterocycles. The average molecular weight is 637 g/mol. The third-order valence-electron chi connectivity index (χ3n) is 14.9. The van der Waals surface area contributed by atoms with Gasteiger partial charge in [-0.25, -0.2) is 0 Å². The third kappa shape index (κ3) is 7.88. The normalized spacial score (nSPS) is 34.0. The van der Waals surface area contributed by atoms with Crippen molar-refractivity contribution in [3.63, 3.8) is 0 Å². The van der Waals surface area contributed by atoms with E-state index in [1.807, 2.05) is 11.1 Å². The first-order valence-electron chi connectivity index (χ1n) is 20.4. The van der Waals surface area contributed by atoms with E-state index in [-0.39, 0.29) is 22.9 Å². The minimum atomic E-state index is 0.0254. The summed E-state index contributed by atoms with van der Waals surface area (Å²) in [6, 6.07) is 0. The van der Waals surface area contributed by atoms with Crippen molar-refractivity contribution in [1.29, 1.82) is 0 Å². The Balaban J connectivity index is 1.31. The van der Waals surface area contributed by atoms with Gasteiger partial charge in [-0.05, 0) is 118 Å². The summed E-state index contributed by atoms with van der Waals surface area (Å²) in [5, 5.41) is 0. The van der Waals surface area contributed by atoms with E-state index >= 15 is 0 Å². The van der Waals surface area contributed by atoms with Gasteiger partial charge < -0.3 is 4.74 Å². The summed E-state index contributed by atoms with van der Waals surface area (Å²) >= 11 is 0. The molecule has 0 amide bonds. The number of carbonyl (C=O) groups is 1. The lowest BCUT2D eigenvalue weighted by Crippen LogP contribution is -2.55. The zero-order valence-electron chi connectivity index (χ0n) is 32.3. The van der Waals surface area contributed by atoms with Crippen LogP contribution in [0.3, 0.4) is 0 Å². The molecule has 46 heavy (non-hydrogen) atoms. The predicted octanol–water partition coefficient (Wildman–Crippen LogP) is 13.7. The van der Waals surface area contributed by atoms with Gasteiger partial charge in [-0.2, -0.15) is 0 Å². The third-order valence-corrected chi connectivity index (χ3v) is 14.9. The van der Waals surface area contributed by atoms with Crippen molar-refractivity contribution in [2.75, 3.05) is 0 Å². The van der Waals surface area contributed by atoms with Crippen LogP contribution in [-0.4, -0.2) is 12.1 Å². The Morgan fingerprint density at radius 2 is 1.43 bits per heavy atom. The molecule has 0 spiro atoms. The Morgan fingerprint density at radius 3 is 2.07 bits per heavy atom. The summed E-state index contributed by atoms with van der Waals surface area (Å²) in [5.41, 5.74) is 6.25. The first kappa shape index (κ1) is 37.8. The molecule has 2 fully saturated rings. The molecule has 0 aromatic rings. The van der Waals surface area contributed by atoms with Gasteiger partial charge in [0.15, 0.2) is 0 Å². The van der Waals surface area contributed by atoms with Crippen LogP contribution in [0.2, 0.25) is 0 Å². The monoisotopic (exact) mass is 637 g/mol. The zero-order chi connectivity index (χ0) is 33.6. The van der Waals surface area contributed by atoms with Gasteiger partial charge in [0.2, 0.25) is 0 Å². The fourth-order valence-electron chi connectivity index (χ4n) is 11.8. The molecule has 4 rings (SSSR count). The van der Waals surface area contributed by atoms with Crippen LogP contribution < -0.4 is 0 Å². The van der Waals surface area contributed by atoms with Gasteiger partial charge in [0.1, 0.15) is 6.10 Å². The molecule has 2 nitrogen and oxygen atoms in total. The number of unbranched alkanes of at least 4 members (excludes halogenated alkanes) is 10. The maximum atomic E-state index is 13.1. The van der Waals surface area contributed by atoms with Gasteiger partial charge in [-0.15, -0.1) is 0 Å². The second kappa shape index (κ2) is 16.1. The molecule has 0 radical (unpaired) electrons. The highest BCUT2D eigenvalue weighted by molar-refractivity contribution is 5.69. The molecule has 0 saturated heterocycles. The average Bonchev–Trinajstić information content (AvgIpc) is 3.28. The van der Waals surface area contributed by atoms with E-state index in [4.69, 9.17) is 4.74 Å². The van der Waals surface area contributed by atoms with Crippen molar-refractivity contribution in [2.24, 2.45) is 39.4 Å². The maximum absolute atomic E-state index is 13.1. The van der Waals surface area contributed by atoms with Gasteiger partial charge >= 0.3 is 5.97 Å². The van der Waals surface area contributed by atoms with Crippen LogP contribution in [-0.2, 0) is 9.53 Å². The van der Waals surface area contributed by atoms with Crippen LogP contribution in [0.4, 0.5) is 0 Å². The molecule has 264 valence electrons. The highest BCUT2D eigenvalue weighted by Crippen LogP contribution is 2.72. The minimum absolute atomic E-state index is 0.0254. The summed E-state index contributed by atoms with van der Waals surface area (Å²) in [4.78, 5) is 13.1. The van der Waals surface area contributed by atoms with Gasteiger partial charge in [0.25, 0.3) is 0 Å². The van der Waals surface area contributed by atoms with Crippen molar-refractivity contribution < 1.29 is 9.53 Å². The maximum Gasteiger partial charge on any atom is 0.306 e. The molecule has 4 aliphatic carbocycles. The van der Waals surface area contributed by atoms with Crippen LogP contribution in [0.1, 0.15) is 204 Å². The summed E-state index contributed by atoms with van der Waals surface area (Å²) in [5.74, 6) is 2.30. The van der Waals surface area contributed by atoms with E-state index in [0.29, 0.717) is 23.2 Å². The SMILES string of the molecule is CCCCCCCCCCCCCC(=O)OC1CC[C@]2(C)C3=C(CCC2C1(C)C)[C@]1(C)CC[C@H]([C@H](C)CCC=C(C)C)[C@@]1(C)CC3. The van der Waals surface area contributed by atoms with Crippen LogP contribution in [0.15, 0.2) is 22.8 Å². The fraction of sp³-hybridized carbons (Fsp3) is 0.886. The van der Waals surface area contributed by atoms with E-state index < -0.39 is 0 Å². The first-order valence-corrected chi connectivity index (χ1v) is 20.4. The molecular weight excluding hydrogens is 560 g/mol. The summed E-state index contributed by atoms with van der Waals surface area (Å²) in [6.45, 7) is 22.2. The Morgan fingerprint density at radius 1 is 0.804 bits per heavy atom. The number of hydrogen-bond donors (Lipinski definition) is 0. The van der Waals surface area contributed by atoms with E-state index in [1.165, 1.54) is 128 Å². The smallest absolute Gasteiger partial charge is 0.306 e. The molecule has 2 saturated carbocycles. The Kier molecular flexibility index (Phi) is 13.2. The molecule has 7 atom stereocenters. The molecule has 0 aliphatic heterocycles. The molecule has 0 aromatic carbocycles. The quantitative estimate of drug-likeness (QED) is 0.0902. The van der Waals surface area contributed by atoms with Crippen molar-refractivity contribution in [3.05, 3.63) is 22.8 Å². The molecular formula is C44H76O2. The van der Waals surface area contributed by atoms with Crippen LogP contribution in [0, 0.1) is 39.4 Å². The lowest BCUT2D eigenvalue weighted by atomic mass is 9.43. The van der Waals surface area contributed by atoms with Gasteiger partial charge in [-0.3, -0.25) is 4.79 Å². The van der Waals surface area contributed by atoms with E-state index in [9.17, 15) is 4.79 Å². The van der Waals surface area contributed by atoms with E-state index in [0.717, 1.165) is 24.7 Å². The summed E-state index contributed by atoms with van der Waals surface area (Å²) in [7, 11) is 0. The van der Waals surface area contributed by atoms with Gasteiger partial charge in [-0.1, -0.05) is 135 Å². The topological polar surface area (TPSA) is 26.3 Å². The molecule has 2 heteroatoms. The molecule has 4 aliphatic rings. The van der Waals surface area contributed by atoms with Crippen molar-refractivity contribution in [3.8, 4) is 0 Å². The van der Waals surface area contributed by atoms with Crippen molar-refractivity contribution in [1.82, 2.24) is 0 Å². The molecule has 0 N–H and O–H groups in total. The first-order chi connectivity index (χ1) is 21.8. The van der Waals surface area contributed by atoms with E-state index in [1.54, 1.807) is 0 Å². The number of fused-ring (bicyclic) bond motifs is 4. The fourth-order valence-corrected chi connectivity index (χ4v) is 11.8. The highest BCUT2D eigenvalue weighted by Gasteiger charge is 2.63. The second-order valence-corrected chi connectivity index (χ2v) is 18.3. The lowest BCUT2D eigenvalue weighted by Gasteiger charge is -2.62. The predicted molar refractivity (Wildman–Crippen MR) is 198 cm³/mol. The standard InChI is InChI=1S/C44H76O2/c1-10-11-12-13-14-15-16-17-18-19-20-24-40(45)46-39-29-30-42(7)36-28-32-43(8)35(34(4)23-21-22-33(2)3)27-31-44(43,9)37(36)25-26-38(42)41(39,5)6/h22,34-35,38-39H,10-21,23-32H2,1-9H3/t34-,35-,38?,39?,42-,43-,44+/m1/s1. The number of ether oxygens (including phenoxy) is 1. The highest BCUT2D eigenvalue weighted by atomic mass is 16.5.